The molecule has 4 rings (SSSR count). The van der Waals surface area contributed by atoms with Gasteiger partial charge in [-0.15, -0.1) is 0 Å². The molecule has 2 saturated carbocycles. The lowest BCUT2D eigenvalue weighted by Gasteiger charge is -2.30. The fraction of sp³-hybridized carbons (Fsp3) is 0.556. The van der Waals surface area contributed by atoms with Gasteiger partial charge in [0.05, 0.1) is 17.6 Å². The van der Waals surface area contributed by atoms with Gasteiger partial charge in [0.2, 0.25) is 0 Å². The molecule has 0 unspecified atom stereocenters. The van der Waals surface area contributed by atoms with Crippen LogP contribution in [0.2, 0.25) is 0 Å². The van der Waals surface area contributed by atoms with Crippen LogP contribution in [0.25, 0.3) is 0 Å². The lowest BCUT2D eigenvalue weighted by molar-refractivity contribution is -0.137. The number of hydrogen-bond acceptors (Lipinski definition) is 5. The zero-order valence-corrected chi connectivity index (χ0v) is 19.5. The topological polar surface area (TPSA) is 83.8 Å². The molecule has 3 aliphatic carbocycles. The van der Waals surface area contributed by atoms with Crippen molar-refractivity contribution in [2.75, 3.05) is 0 Å². The molecular weight excluding hydrogens is 404 g/mol. The molecule has 0 amide bonds. The summed E-state index contributed by atoms with van der Waals surface area (Å²) >= 11 is 0. The van der Waals surface area contributed by atoms with Crippen molar-refractivity contribution in [2.45, 2.75) is 65.3 Å². The minimum absolute atomic E-state index is 0.0146. The van der Waals surface area contributed by atoms with E-state index in [1.54, 1.807) is 37.3 Å². The van der Waals surface area contributed by atoms with Crippen molar-refractivity contribution in [1.82, 2.24) is 0 Å². The number of carbonyl (C=O) groups is 2. The van der Waals surface area contributed by atoms with Gasteiger partial charge in [-0.3, -0.25) is 4.79 Å². The lowest BCUT2D eigenvalue weighted by Crippen LogP contribution is -2.45. The molecule has 32 heavy (non-hydrogen) atoms. The Kier molecular flexibility index (Phi) is 5.71. The van der Waals surface area contributed by atoms with E-state index in [1.807, 2.05) is 26.0 Å². The molecule has 0 saturated heterocycles. The van der Waals surface area contributed by atoms with Crippen LogP contribution in [0, 0.1) is 29.1 Å². The number of aliphatic hydroxyl groups excluding tert-OH is 1. The highest BCUT2D eigenvalue weighted by molar-refractivity contribution is 6.02. The third-order valence-electron chi connectivity index (χ3n) is 8.12. The average molecular weight is 439 g/mol. The van der Waals surface area contributed by atoms with E-state index in [4.69, 9.17) is 4.74 Å². The Labute approximate surface area is 190 Å². The largest absolute Gasteiger partial charge is 0.458 e. The molecule has 2 fully saturated rings. The van der Waals surface area contributed by atoms with Crippen LogP contribution in [0.4, 0.5) is 0 Å². The molecular formula is C27H34O5. The number of esters is 1. The molecule has 0 aliphatic heterocycles. The molecule has 172 valence electrons. The van der Waals surface area contributed by atoms with Crippen molar-refractivity contribution in [3.8, 4) is 0 Å². The Morgan fingerprint density at radius 3 is 2.41 bits per heavy atom. The Morgan fingerprint density at radius 2 is 1.75 bits per heavy atom. The maximum absolute atomic E-state index is 13.5. The maximum Gasteiger partial charge on any atom is 0.338 e. The number of Topliss-reactive ketones (excluding diaryl/α,β-unsaturated/α-hetero) is 1. The first-order chi connectivity index (χ1) is 15.0. The number of benzene rings is 1. The van der Waals surface area contributed by atoms with Gasteiger partial charge >= 0.3 is 5.97 Å². The van der Waals surface area contributed by atoms with Gasteiger partial charge in [0, 0.05) is 0 Å². The zero-order chi connectivity index (χ0) is 23.4. The predicted molar refractivity (Wildman–Crippen MR) is 122 cm³/mol. The second-order valence-corrected chi connectivity index (χ2v) is 10.7. The standard InChI is InChI=1S/C27H34O5/c1-15-11-21-23(32-25(30)18-9-7-6-8-10-18)17(3)14-27(21,31)24(29)16(2)12-19-20(13-22(15)28)26(19,4)5/h6-12,17,19-23,28,31H,13-14H2,1-5H3/b15-11+,16-12+/t17-,19+,20-,21-,22+,23-,27+/m0/s1. The van der Waals surface area contributed by atoms with E-state index < -0.39 is 29.7 Å². The Balaban J connectivity index is 1.72. The quantitative estimate of drug-likeness (QED) is 0.537. The Morgan fingerprint density at radius 1 is 1.09 bits per heavy atom. The van der Waals surface area contributed by atoms with Crippen LogP contribution >= 0.6 is 0 Å². The van der Waals surface area contributed by atoms with Crippen molar-refractivity contribution in [1.29, 1.82) is 0 Å². The molecule has 0 radical (unpaired) electrons. The molecule has 7 atom stereocenters. The van der Waals surface area contributed by atoms with E-state index in [-0.39, 0.29) is 35.4 Å². The van der Waals surface area contributed by atoms with E-state index in [2.05, 4.69) is 13.8 Å². The van der Waals surface area contributed by atoms with Gasteiger partial charge in [-0.05, 0) is 73.1 Å². The number of ether oxygens (including phenoxy) is 1. The molecule has 0 bridgehead atoms. The number of fused-ring (bicyclic) bond motifs is 2. The van der Waals surface area contributed by atoms with E-state index in [9.17, 15) is 19.8 Å². The van der Waals surface area contributed by atoms with Crippen molar-refractivity contribution < 1.29 is 24.5 Å². The molecule has 0 heterocycles. The summed E-state index contributed by atoms with van der Waals surface area (Å²) in [6.07, 6.45) is 3.22. The van der Waals surface area contributed by atoms with Crippen LogP contribution in [0.1, 0.15) is 57.8 Å². The molecule has 1 aromatic carbocycles. The van der Waals surface area contributed by atoms with Gasteiger partial charge < -0.3 is 14.9 Å². The molecule has 2 N–H and O–H groups in total. The van der Waals surface area contributed by atoms with Gasteiger partial charge in [-0.2, -0.15) is 0 Å². The van der Waals surface area contributed by atoms with Crippen LogP contribution < -0.4 is 0 Å². The van der Waals surface area contributed by atoms with Crippen molar-refractivity contribution in [2.24, 2.45) is 29.1 Å². The van der Waals surface area contributed by atoms with Gasteiger partial charge in [-0.25, -0.2) is 4.79 Å². The number of hydrogen-bond donors (Lipinski definition) is 2. The predicted octanol–water partition coefficient (Wildman–Crippen LogP) is 4.10. The summed E-state index contributed by atoms with van der Waals surface area (Å²) in [6.45, 7) is 9.80. The molecule has 1 aromatic rings. The first kappa shape index (κ1) is 22.9. The summed E-state index contributed by atoms with van der Waals surface area (Å²) in [6, 6.07) is 8.72. The highest BCUT2D eigenvalue weighted by atomic mass is 16.5. The summed E-state index contributed by atoms with van der Waals surface area (Å²) in [7, 11) is 0. The maximum atomic E-state index is 13.5. The third kappa shape index (κ3) is 3.75. The molecule has 5 nitrogen and oxygen atoms in total. The fourth-order valence-corrected chi connectivity index (χ4v) is 5.88. The first-order valence-corrected chi connectivity index (χ1v) is 11.5. The average Bonchev–Trinajstić information content (AvgIpc) is 3.15. The van der Waals surface area contributed by atoms with Gasteiger partial charge in [0.15, 0.2) is 5.78 Å². The summed E-state index contributed by atoms with van der Waals surface area (Å²) < 4.78 is 5.88. The third-order valence-corrected chi connectivity index (χ3v) is 8.12. The first-order valence-electron chi connectivity index (χ1n) is 11.5. The van der Waals surface area contributed by atoms with E-state index in [0.717, 1.165) is 0 Å². The van der Waals surface area contributed by atoms with E-state index in [1.165, 1.54) is 0 Å². The van der Waals surface area contributed by atoms with Crippen LogP contribution in [0.15, 0.2) is 53.6 Å². The minimum Gasteiger partial charge on any atom is -0.458 e. The van der Waals surface area contributed by atoms with Crippen molar-refractivity contribution in [3.63, 3.8) is 0 Å². The lowest BCUT2D eigenvalue weighted by atomic mass is 9.81. The van der Waals surface area contributed by atoms with Gasteiger partial charge in [0.1, 0.15) is 11.7 Å². The number of aliphatic hydroxyl groups is 2. The van der Waals surface area contributed by atoms with E-state index in [0.29, 0.717) is 23.1 Å². The second-order valence-electron chi connectivity index (χ2n) is 10.7. The Hall–Kier alpha value is -2.24. The monoisotopic (exact) mass is 438 g/mol. The number of rotatable bonds is 2. The summed E-state index contributed by atoms with van der Waals surface area (Å²) in [5.41, 5.74) is 0.0134. The number of ketones is 1. The Bertz CT molecular complexity index is 975. The summed E-state index contributed by atoms with van der Waals surface area (Å²) in [5.74, 6) is -1.26. The van der Waals surface area contributed by atoms with E-state index >= 15 is 0 Å². The van der Waals surface area contributed by atoms with Crippen LogP contribution in [0.5, 0.6) is 0 Å². The number of carbonyl (C=O) groups excluding carboxylic acids is 2. The summed E-state index contributed by atoms with van der Waals surface area (Å²) in [4.78, 5) is 26.3. The molecule has 5 heteroatoms. The smallest absolute Gasteiger partial charge is 0.338 e. The van der Waals surface area contributed by atoms with Crippen molar-refractivity contribution in [3.05, 3.63) is 59.2 Å². The number of allylic oxidation sites excluding steroid dienone is 1. The van der Waals surface area contributed by atoms with Crippen molar-refractivity contribution >= 4 is 11.8 Å². The highest BCUT2D eigenvalue weighted by Gasteiger charge is 2.59. The molecule has 0 spiro atoms. The van der Waals surface area contributed by atoms with Crippen LogP contribution in [-0.4, -0.2) is 39.8 Å². The SMILES string of the molecule is C/C1=C\[C@@H]2[C@H](C[C@@H](O)/C(C)=C/[C@H]3[C@@H](OC(=O)c4ccccc4)[C@@H](C)C[C@]3(O)C1=O)C2(C)C. The minimum atomic E-state index is -1.68. The molecule has 0 aromatic heterocycles. The molecule has 3 aliphatic rings. The van der Waals surface area contributed by atoms with Gasteiger partial charge in [0.25, 0.3) is 0 Å². The zero-order valence-electron chi connectivity index (χ0n) is 19.5. The van der Waals surface area contributed by atoms with Gasteiger partial charge in [-0.1, -0.05) is 51.1 Å². The normalized spacial score (nSPS) is 41.8. The van der Waals surface area contributed by atoms with Crippen LogP contribution in [-0.2, 0) is 9.53 Å². The summed E-state index contributed by atoms with van der Waals surface area (Å²) in [5, 5.41) is 22.6. The highest BCUT2D eigenvalue weighted by Crippen LogP contribution is 2.62. The second kappa shape index (κ2) is 7.96. The van der Waals surface area contributed by atoms with Crippen LogP contribution in [0.3, 0.4) is 0 Å². The fourth-order valence-electron chi connectivity index (χ4n) is 5.88.